The summed E-state index contributed by atoms with van der Waals surface area (Å²) in [5, 5.41) is 0. The maximum absolute atomic E-state index is 12.7. The highest BCUT2D eigenvalue weighted by molar-refractivity contribution is 6.00. The van der Waals surface area contributed by atoms with Crippen LogP contribution in [0.5, 0.6) is 11.5 Å². The Balaban J connectivity index is 1.52. The van der Waals surface area contributed by atoms with Crippen LogP contribution in [0, 0.1) is 12.8 Å². The van der Waals surface area contributed by atoms with Crippen LogP contribution in [0.15, 0.2) is 42.5 Å². The van der Waals surface area contributed by atoms with Crippen molar-refractivity contribution in [1.29, 1.82) is 0 Å². The van der Waals surface area contributed by atoms with Crippen LogP contribution < -0.4 is 9.47 Å². The molecule has 3 rings (SSSR count). The van der Waals surface area contributed by atoms with E-state index in [1.807, 2.05) is 31.2 Å². The number of Topliss-reactive ketones (excluding diaryl/α,β-unsaturated/α-hetero) is 1. The maximum Gasteiger partial charge on any atom is 0.309 e. The lowest BCUT2D eigenvalue weighted by Crippen LogP contribution is -2.41. The molecular formula is C24H27NO6. The van der Waals surface area contributed by atoms with Crippen molar-refractivity contribution in [3.63, 3.8) is 0 Å². The van der Waals surface area contributed by atoms with Crippen molar-refractivity contribution in [1.82, 2.24) is 4.90 Å². The van der Waals surface area contributed by atoms with Gasteiger partial charge in [-0.25, -0.2) is 0 Å². The second-order valence-electron chi connectivity index (χ2n) is 7.48. The third-order valence-electron chi connectivity index (χ3n) is 5.55. The molecule has 2 aromatic carbocycles. The molecule has 0 unspecified atom stereocenters. The van der Waals surface area contributed by atoms with Crippen molar-refractivity contribution in [2.75, 3.05) is 33.9 Å². The van der Waals surface area contributed by atoms with E-state index in [0.29, 0.717) is 48.6 Å². The lowest BCUT2D eigenvalue weighted by molar-refractivity contribution is -0.148. The first-order valence-corrected chi connectivity index (χ1v) is 10.2. The van der Waals surface area contributed by atoms with Gasteiger partial charge in [-0.1, -0.05) is 18.2 Å². The Morgan fingerprint density at radius 2 is 1.68 bits per heavy atom. The average molecular weight is 425 g/mol. The standard InChI is InChI=1S/C24H27NO6/c1-16-6-4-5-7-19(16)23(27)25-12-10-17(11-13-25)24(28)31-15-21(26)20-9-8-18(29-2)14-22(20)30-3/h4-9,14,17H,10-13,15H2,1-3H3. The van der Waals surface area contributed by atoms with Gasteiger partial charge in [-0.15, -0.1) is 0 Å². The number of carbonyl (C=O) groups is 3. The van der Waals surface area contributed by atoms with Gasteiger partial charge in [-0.3, -0.25) is 14.4 Å². The van der Waals surface area contributed by atoms with Gasteiger partial charge < -0.3 is 19.1 Å². The first-order valence-electron chi connectivity index (χ1n) is 10.2. The first kappa shape index (κ1) is 22.3. The Labute approximate surface area is 181 Å². The van der Waals surface area contributed by atoms with Crippen LogP contribution in [0.25, 0.3) is 0 Å². The number of carbonyl (C=O) groups excluding carboxylic acids is 3. The summed E-state index contributed by atoms with van der Waals surface area (Å²) < 4.78 is 15.6. The monoisotopic (exact) mass is 425 g/mol. The Bertz CT molecular complexity index is 962. The van der Waals surface area contributed by atoms with Crippen molar-refractivity contribution in [2.45, 2.75) is 19.8 Å². The normalized spacial score (nSPS) is 14.1. The number of esters is 1. The highest BCUT2D eigenvalue weighted by Gasteiger charge is 2.29. The van der Waals surface area contributed by atoms with Crippen LogP contribution in [0.3, 0.4) is 0 Å². The van der Waals surface area contributed by atoms with E-state index in [1.54, 1.807) is 23.1 Å². The lowest BCUT2D eigenvalue weighted by Gasteiger charge is -2.31. The number of nitrogens with zero attached hydrogens (tertiary/aromatic N) is 1. The summed E-state index contributed by atoms with van der Waals surface area (Å²) >= 11 is 0. The van der Waals surface area contributed by atoms with Crippen molar-refractivity contribution >= 4 is 17.7 Å². The van der Waals surface area contributed by atoms with Crippen molar-refractivity contribution in [3.8, 4) is 11.5 Å². The zero-order valence-corrected chi connectivity index (χ0v) is 18.1. The van der Waals surface area contributed by atoms with Crippen LogP contribution >= 0.6 is 0 Å². The van der Waals surface area contributed by atoms with Crippen LogP contribution in [-0.2, 0) is 9.53 Å². The van der Waals surface area contributed by atoms with Crippen molar-refractivity contribution in [2.24, 2.45) is 5.92 Å². The molecule has 0 saturated carbocycles. The fourth-order valence-corrected chi connectivity index (χ4v) is 3.66. The highest BCUT2D eigenvalue weighted by Crippen LogP contribution is 2.26. The summed E-state index contributed by atoms with van der Waals surface area (Å²) in [6, 6.07) is 12.3. The molecule has 0 atom stereocenters. The minimum atomic E-state index is -0.413. The summed E-state index contributed by atoms with van der Waals surface area (Å²) in [5.41, 5.74) is 1.94. The molecule has 1 aliphatic heterocycles. The van der Waals surface area contributed by atoms with Crippen molar-refractivity contribution in [3.05, 3.63) is 59.2 Å². The number of hydrogen-bond acceptors (Lipinski definition) is 6. The molecule has 1 heterocycles. The summed E-state index contributed by atoms with van der Waals surface area (Å²) in [4.78, 5) is 39.4. The van der Waals surface area contributed by atoms with Gasteiger partial charge in [0.05, 0.1) is 25.7 Å². The molecule has 0 aromatic heterocycles. The van der Waals surface area contributed by atoms with Gasteiger partial charge in [0.2, 0.25) is 5.78 Å². The van der Waals surface area contributed by atoms with E-state index in [4.69, 9.17) is 14.2 Å². The molecule has 2 aromatic rings. The molecule has 1 amide bonds. The van der Waals surface area contributed by atoms with Gasteiger partial charge in [-0.2, -0.15) is 0 Å². The first-order chi connectivity index (χ1) is 14.9. The second kappa shape index (κ2) is 10.1. The topological polar surface area (TPSA) is 82.1 Å². The average Bonchev–Trinajstić information content (AvgIpc) is 2.81. The van der Waals surface area contributed by atoms with Crippen LogP contribution in [0.2, 0.25) is 0 Å². The van der Waals surface area contributed by atoms with Gasteiger partial charge >= 0.3 is 5.97 Å². The zero-order chi connectivity index (χ0) is 22.4. The molecular weight excluding hydrogens is 398 g/mol. The maximum atomic E-state index is 12.7. The quantitative estimate of drug-likeness (QED) is 0.500. The lowest BCUT2D eigenvalue weighted by atomic mass is 9.96. The smallest absolute Gasteiger partial charge is 0.309 e. The van der Waals surface area contributed by atoms with E-state index in [9.17, 15) is 14.4 Å². The van der Waals surface area contributed by atoms with Crippen LogP contribution in [-0.4, -0.2) is 56.5 Å². The number of aryl methyl sites for hydroxylation is 1. The van der Waals surface area contributed by atoms with E-state index < -0.39 is 5.97 Å². The number of likely N-dealkylation sites (tertiary alicyclic amines) is 1. The van der Waals surface area contributed by atoms with Gasteiger partial charge in [-0.05, 0) is 43.5 Å². The molecule has 0 radical (unpaired) electrons. The van der Waals surface area contributed by atoms with E-state index in [1.165, 1.54) is 14.2 Å². The zero-order valence-electron chi connectivity index (χ0n) is 18.1. The molecule has 1 saturated heterocycles. The third-order valence-corrected chi connectivity index (χ3v) is 5.55. The summed E-state index contributed by atoms with van der Waals surface area (Å²) in [6.07, 6.45) is 1.02. The molecule has 7 heteroatoms. The fraction of sp³-hybridized carbons (Fsp3) is 0.375. The number of amides is 1. The number of hydrogen-bond donors (Lipinski definition) is 0. The predicted molar refractivity (Wildman–Crippen MR) is 115 cm³/mol. The number of piperidine rings is 1. The number of rotatable bonds is 7. The highest BCUT2D eigenvalue weighted by atomic mass is 16.5. The van der Waals surface area contributed by atoms with Crippen LogP contribution in [0.4, 0.5) is 0 Å². The molecule has 31 heavy (non-hydrogen) atoms. The number of ether oxygens (including phenoxy) is 3. The Hall–Kier alpha value is -3.35. The summed E-state index contributed by atoms with van der Waals surface area (Å²) in [6.45, 7) is 2.51. The molecule has 164 valence electrons. The van der Waals surface area contributed by atoms with Gasteiger partial charge in [0.25, 0.3) is 5.91 Å². The molecule has 0 spiro atoms. The van der Waals surface area contributed by atoms with Gasteiger partial charge in [0.15, 0.2) is 6.61 Å². The molecule has 0 bridgehead atoms. The summed E-state index contributed by atoms with van der Waals surface area (Å²) in [7, 11) is 2.99. The SMILES string of the molecule is COc1ccc(C(=O)COC(=O)C2CCN(C(=O)c3ccccc3C)CC2)c(OC)c1. The fourth-order valence-electron chi connectivity index (χ4n) is 3.66. The molecule has 1 aliphatic rings. The van der Waals surface area contributed by atoms with Gasteiger partial charge in [0, 0.05) is 24.7 Å². The largest absolute Gasteiger partial charge is 0.497 e. The molecule has 0 N–H and O–H groups in total. The van der Waals surface area contributed by atoms with E-state index in [2.05, 4.69) is 0 Å². The Kier molecular flexibility index (Phi) is 7.28. The third kappa shape index (κ3) is 5.23. The molecule has 0 aliphatic carbocycles. The second-order valence-corrected chi connectivity index (χ2v) is 7.48. The predicted octanol–water partition coefficient (Wildman–Crippen LogP) is 3.29. The number of ketones is 1. The molecule has 1 fully saturated rings. The number of benzene rings is 2. The van der Waals surface area contributed by atoms with E-state index in [0.717, 1.165) is 5.56 Å². The molecule has 7 nitrogen and oxygen atoms in total. The number of methoxy groups -OCH3 is 2. The van der Waals surface area contributed by atoms with Crippen molar-refractivity contribution < 1.29 is 28.6 Å². The Morgan fingerprint density at radius 3 is 2.32 bits per heavy atom. The minimum absolute atomic E-state index is 0.0216. The Morgan fingerprint density at radius 1 is 0.968 bits per heavy atom. The van der Waals surface area contributed by atoms with Crippen LogP contribution in [0.1, 0.15) is 39.1 Å². The van der Waals surface area contributed by atoms with E-state index >= 15 is 0 Å². The van der Waals surface area contributed by atoms with E-state index in [-0.39, 0.29) is 24.2 Å². The summed E-state index contributed by atoms with van der Waals surface area (Å²) in [5.74, 6) is -0.178. The minimum Gasteiger partial charge on any atom is -0.497 e. The van der Waals surface area contributed by atoms with Gasteiger partial charge in [0.1, 0.15) is 11.5 Å².